The molecule has 0 saturated heterocycles. The maximum absolute atomic E-state index is 12.4. The fourth-order valence-corrected chi connectivity index (χ4v) is 1.46. The van der Waals surface area contributed by atoms with Crippen LogP contribution in [0.3, 0.4) is 0 Å². The van der Waals surface area contributed by atoms with E-state index in [1.54, 1.807) is 22.6 Å². The Bertz CT molecular complexity index is 382. The van der Waals surface area contributed by atoms with E-state index in [-0.39, 0.29) is 11.3 Å². The van der Waals surface area contributed by atoms with E-state index in [4.69, 9.17) is 5.11 Å². The Labute approximate surface area is 92.3 Å². The van der Waals surface area contributed by atoms with Crippen LogP contribution in [-0.4, -0.2) is 16.1 Å². The Balaban J connectivity index is 3.35. The number of aromatic nitrogens is 1. The van der Waals surface area contributed by atoms with Crippen molar-refractivity contribution in [1.29, 1.82) is 0 Å². The molecule has 0 unspecified atom stereocenters. The lowest BCUT2D eigenvalue weighted by Crippen LogP contribution is -2.06. The molecule has 1 N–H and O–H groups in total. The van der Waals surface area contributed by atoms with Gasteiger partial charge in [-0.25, -0.2) is 18.6 Å². The van der Waals surface area contributed by atoms with E-state index < -0.39 is 12.4 Å². The second-order valence-corrected chi connectivity index (χ2v) is 3.68. The van der Waals surface area contributed by atoms with E-state index in [1.807, 2.05) is 0 Å². The monoisotopic (exact) mass is 313 g/mol. The van der Waals surface area contributed by atoms with Crippen molar-refractivity contribution < 1.29 is 18.7 Å². The van der Waals surface area contributed by atoms with E-state index >= 15 is 0 Å². The minimum Gasteiger partial charge on any atom is -0.477 e. The van der Waals surface area contributed by atoms with Gasteiger partial charge in [0.2, 0.25) is 0 Å². The van der Waals surface area contributed by atoms with Gasteiger partial charge < -0.3 is 5.11 Å². The van der Waals surface area contributed by atoms with Crippen molar-refractivity contribution in [2.45, 2.75) is 13.3 Å². The number of rotatable bonds is 2. The Morgan fingerprint density at radius 1 is 1.64 bits per heavy atom. The molecule has 76 valence electrons. The van der Waals surface area contributed by atoms with Crippen LogP contribution in [0.4, 0.5) is 8.78 Å². The Hall–Kier alpha value is -0.790. The molecule has 0 aromatic carbocycles. The topological polar surface area (TPSA) is 50.2 Å². The fourth-order valence-electron chi connectivity index (χ4n) is 0.950. The fraction of sp³-hybridized carbons (Fsp3) is 0.250. The molecule has 0 aliphatic carbocycles. The minimum absolute atomic E-state index is 0.282. The van der Waals surface area contributed by atoms with Crippen molar-refractivity contribution in [3.8, 4) is 0 Å². The van der Waals surface area contributed by atoms with Gasteiger partial charge in [-0.1, -0.05) is 0 Å². The average molecular weight is 313 g/mol. The molecule has 0 radical (unpaired) electrons. The zero-order valence-corrected chi connectivity index (χ0v) is 9.25. The highest BCUT2D eigenvalue weighted by Gasteiger charge is 2.17. The zero-order chi connectivity index (χ0) is 10.9. The molecule has 0 amide bonds. The Morgan fingerprint density at radius 2 is 2.21 bits per heavy atom. The van der Waals surface area contributed by atoms with Gasteiger partial charge in [0.1, 0.15) is 5.69 Å². The van der Waals surface area contributed by atoms with Gasteiger partial charge in [0, 0.05) is 9.13 Å². The van der Waals surface area contributed by atoms with Gasteiger partial charge in [0.15, 0.2) is 0 Å². The molecule has 3 nitrogen and oxygen atoms in total. The largest absolute Gasteiger partial charge is 0.477 e. The number of carboxylic acids is 1. The molecular formula is C8H6F2INO2. The lowest BCUT2D eigenvalue weighted by atomic mass is 10.2. The summed E-state index contributed by atoms with van der Waals surface area (Å²) in [7, 11) is 0. The third-order valence-electron chi connectivity index (χ3n) is 1.61. The standard InChI is InChI=1S/C8H6F2INO2/c1-3-6(11)4(7(9)10)2-5(12-3)8(13)14/h2,7H,1H3,(H,13,14). The maximum Gasteiger partial charge on any atom is 0.354 e. The van der Waals surface area contributed by atoms with Crippen LogP contribution < -0.4 is 0 Å². The average Bonchev–Trinajstić information content (AvgIpc) is 2.08. The number of hydrogen-bond donors (Lipinski definition) is 1. The second-order valence-electron chi connectivity index (χ2n) is 2.60. The number of pyridine rings is 1. The van der Waals surface area contributed by atoms with Gasteiger partial charge in [0.25, 0.3) is 6.43 Å². The number of carbonyl (C=O) groups is 1. The predicted octanol–water partition coefficient (Wildman–Crippen LogP) is 2.63. The molecule has 0 atom stereocenters. The third kappa shape index (κ3) is 2.17. The summed E-state index contributed by atoms with van der Waals surface area (Å²) in [4.78, 5) is 14.2. The summed E-state index contributed by atoms with van der Waals surface area (Å²) in [6.07, 6.45) is -2.68. The predicted molar refractivity (Wildman–Crippen MR) is 53.6 cm³/mol. The molecule has 0 spiro atoms. The molecule has 0 aliphatic rings. The van der Waals surface area contributed by atoms with E-state index in [2.05, 4.69) is 4.98 Å². The van der Waals surface area contributed by atoms with Gasteiger partial charge >= 0.3 is 5.97 Å². The van der Waals surface area contributed by atoms with Crippen LogP contribution in [0.5, 0.6) is 0 Å². The van der Waals surface area contributed by atoms with E-state index in [0.717, 1.165) is 6.07 Å². The quantitative estimate of drug-likeness (QED) is 0.854. The third-order valence-corrected chi connectivity index (χ3v) is 3.01. The highest BCUT2D eigenvalue weighted by molar-refractivity contribution is 14.1. The van der Waals surface area contributed by atoms with Gasteiger partial charge in [-0.05, 0) is 35.6 Å². The molecule has 0 saturated carbocycles. The van der Waals surface area contributed by atoms with Crippen LogP contribution in [0, 0.1) is 10.5 Å². The van der Waals surface area contributed by atoms with Crippen LogP contribution in [0.1, 0.15) is 28.2 Å². The zero-order valence-electron chi connectivity index (χ0n) is 7.09. The molecule has 1 aromatic rings. The van der Waals surface area contributed by atoms with Crippen molar-refractivity contribution >= 4 is 28.6 Å². The van der Waals surface area contributed by atoms with Crippen molar-refractivity contribution in [3.63, 3.8) is 0 Å². The number of hydrogen-bond acceptors (Lipinski definition) is 2. The number of halogens is 3. The highest BCUT2D eigenvalue weighted by Crippen LogP contribution is 2.26. The number of carboxylic acid groups (broad SMARTS) is 1. The van der Waals surface area contributed by atoms with Crippen molar-refractivity contribution in [2.24, 2.45) is 0 Å². The first kappa shape index (κ1) is 11.3. The summed E-state index contributed by atoms with van der Waals surface area (Å²) in [5, 5.41) is 8.60. The second kappa shape index (κ2) is 4.16. The first-order valence-corrected chi connectivity index (χ1v) is 4.70. The summed E-state index contributed by atoms with van der Waals surface area (Å²) in [6.45, 7) is 1.50. The Kier molecular flexibility index (Phi) is 3.35. The normalized spacial score (nSPS) is 10.6. The van der Waals surface area contributed by atoms with Gasteiger partial charge in [-0.15, -0.1) is 0 Å². The summed E-state index contributed by atoms with van der Waals surface area (Å²) in [6, 6.07) is 0.905. The van der Waals surface area contributed by atoms with Gasteiger partial charge in [-0.3, -0.25) is 0 Å². The summed E-state index contributed by atoms with van der Waals surface area (Å²) in [5.41, 5.74) is -0.325. The number of nitrogens with zero attached hydrogens (tertiary/aromatic N) is 1. The van der Waals surface area contributed by atoms with Gasteiger partial charge in [-0.2, -0.15) is 0 Å². The first-order valence-electron chi connectivity index (χ1n) is 3.62. The summed E-state index contributed by atoms with van der Waals surface area (Å²) < 4.78 is 25.2. The number of aromatic carboxylic acids is 1. The summed E-state index contributed by atoms with van der Waals surface area (Å²) in [5.74, 6) is -1.30. The maximum atomic E-state index is 12.4. The van der Waals surface area contributed by atoms with Crippen LogP contribution in [-0.2, 0) is 0 Å². The molecular weight excluding hydrogens is 307 g/mol. The Morgan fingerprint density at radius 3 is 2.64 bits per heavy atom. The SMILES string of the molecule is Cc1nc(C(=O)O)cc(C(F)F)c1I. The van der Waals surface area contributed by atoms with E-state index in [9.17, 15) is 13.6 Å². The highest BCUT2D eigenvalue weighted by atomic mass is 127. The lowest BCUT2D eigenvalue weighted by Gasteiger charge is -2.06. The molecule has 1 aromatic heterocycles. The smallest absolute Gasteiger partial charge is 0.354 e. The van der Waals surface area contributed by atoms with Crippen molar-refractivity contribution in [1.82, 2.24) is 4.98 Å². The van der Waals surface area contributed by atoms with E-state index in [0.29, 0.717) is 9.26 Å². The van der Waals surface area contributed by atoms with Crippen LogP contribution in [0.2, 0.25) is 0 Å². The molecule has 0 fully saturated rings. The van der Waals surface area contributed by atoms with Crippen molar-refractivity contribution in [3.05, 3.63) is 26.6 Å². The molecule has 0 aliphatic heterocycles. The number of aryl methyl sites for hydroxylation is 1. The van der Waals surface area contributed by atoms with Crippen LogP contribution in [0.15, 0.2) is 6.07 Å². The molecule has 6 heteroatoms. The first-order chi connectivity index (χ1) is 6.43. The molecule has 1 rings (SSSR count). The summed E-state index contributed by atoms with van der Waals surface area (Å²) >= 11 is 1.72. The molecule has 1 heterocycles. The van der Waals surface area contributed by atoms with E-state index in [1.165, 1.54) is 6.92 Å². The van der Waals surface area contributed by atoms with Crippen LogP contribution in [0.25, 0.3) is 0 Å². The van der Waals surface area contributed by atoms with Crippen molar-refractivity contribution in [2.75, 3.05) is 0 Å². The number of alkyl halides is 2. The van der Waals surface area contributed by atoms with Gasteiger partial charge in [0.05, 0.1) is 5.69 Å². The van der Waals surface area contributed by atoms with Crippen LogP contribution >= 0.6 is 22.6 Å². The molecule has 14 heavy (non-hydrogen) atoms. The molecule has 0 bridgehead atoms. The lowest BCUT2D eigenvalue weighted by molar-refractivity contribution is 0.0689. The minimum atomic E-state index is -2.68.